The number of aliphatic hydroxyl groups excluding tert-OH is 2. The van der Waals surface area contributed by atoms with Crippen LogP contribution in [0.4, 0.5) is 0 Å². The van der Waals surface area contributed by atoms with Gasteiger partial charge in [0, 0.05) is 19.3 Å². The third-order valence-corrected chi connectivity index (χ3v) is 12.0. The number of carboxylic acids is 1. The summed E-state index contributed by atoms with van der Waals surface area (Å²) < 4.78 is 28.3. The smallest absolute Gasteiger partial charge is 0.335 e. The molecule has 0 spiro atoms. The summed E-state index contributed by atoms with van der Waals surface area (Å²) in [5.74, 6) is -3.24. The van der Waals surface area contributed by atoms with Crippen molar-refractivity contribution in [3.05, 3.63) is 122 Å². The number of allylic oxidation sites excluding steroid dienone is 20. The predicted octanol–water partition coefficient (Wildman–Crippen LogP) is 14.4. The molecule has 3 N–H and O–H groups in total. The van der Waals surface area contributed by atoms with E-state index < -0.39 is 67.3 Å². The molecule has 1 fully saturated rings. The Morgan fingerprint density at radius 1 is 0.440 bits per heavy atom. The Balaban J connectivity index is 2.75. The fourth-order valence-corrected chi connectivity index (χ4v) is 7.74. The zero-order valence-electron chi connectivity index (χ0n) is 46.2. The van der Waals surface area contributed by atoms with Crippen LogP contribution in [0.25, 0.3) is 0 Å². The second kappa shape index (κ2) is 50.0. The van der Waals surface area contributed by atoms with Crippen molar-refractivity contribution in [2.75, 3.05) is 13.2 Å². The van der Waals surface area contributed by atoms with Crippen molar-refractivity contribution in [2.24, 2.45) is 0 Å². The third-order valence-electron chi connectivity index (χ3n) is 12.0. The summed E-state index contributed by atoms with van der Waals surface area (Å²) in [6.45, 7) is 5.57. The third kappa shape index (κ3) is 40.1. The van der Waals surface area contributed by atoms with E-state index in [1.165, 1.54) is 0 Å². The van der Waals surface area contributed by atoms with Crippen LogP contribution in [0.2, 0.25) is 0 Å². The molecule has 1 aliphatic heterocycles. The first-order chi connectivity index (χ1) is 36.6. The van der Waals surface area contributed by atoms with Gasteiger partial charge in [0.15, 0.2) is 24.6 Å². The van der Waals surface area contributed by atoms with Crippen LogP contribution in [0.5, 0.6) is 0 Å². The van der Waals surface area contributed by atoms with Gasteiger partial charge in [-0.05, 0) is 122 Å². The molecule has 0 saturated carbocycles. The molecule has 422 valence electrons. The highest BCUT2D eigenvalue weighted by Crippen LogP contribution is 2.26. The van der Waals surface area contributed by atoms with Crippen molar-refractivity contribution in [1.82, 2.24) is 0 Å². The summed E-state index contributed by atoms with van der Waals surface area (Å²) >= 11 is 0. The number of aliphatic carboxylic acids is 1. The lowest BCUT2D eigenvalue weighted by Gasteiger charge is -2.40. The maximum absolute atomic E-state index is 13.1. The van der Waals surface area contributed by atoms with Crippen molar-refractivity contribution >= 4 is 23.9 Å². The van der Waals surface area contributed by atoms with Gasteiger partial charge in [0.25, 0.3) is 0 Å². The van der Waals surface area contributed by atoms with Crippen molar-refractivity contribution in [2.45, 2.75) is 237 Å². The van der Waals surface area contributed by atoms with Crippen LogP contribution in [0.3, 0.4) is 0 Å². The predicted molar refractivity (Wildman–Crippen MR) is 303 cm³/mol. The lowest BCUT2D eigenvalue weighted by Crippen LogP contribution is -2.61. The lowest BCUT2D eigenvalue weighted by atomic mass is 9.98. The van der Waals surface area contributed by atoms with E-state index in [0.29, 0.717) is 19.3 Å². The molecule has 6 unspecified atom stereocenters. The fourth-order valence-electron chi connectivity index (χ4n) is 7.74. The molecule has 1 aliphatic rings. The number of aliphatic hydroxyl groups is 2. The number of hydrogen-bond donors (Lipinski definition) is 3. The molecular formula is C63H98O12. The summed E-state index contributed by atoms with van der Waals surface area (Å²) in [5, 5.41) is 31.4. The Morgan fingerprint density at radius 2 is 0.800 bits per heavy atom. The van der Waals surface area contributed by atoms with Gasteiger partial charge in [-0.25, -0.2) is 4.79 Å². The molecule has 1 heterocycles. The largest absolute Gasteiger partial charge is 0.479 e. The Morgan fingerprint density at radius 3 is 1.23 bits per heavy atom. The van der Waals surface area contributed by atoms with E-state index >= 15 is 0 Å². The lowest BCUT2D eigenvalue weighted by molar-refractivity contribution is -0.301. The highest BCUT2D eigenvalue weighted by atomic mass is 16.7. The quantitative estimate of drug-likeness (QED) is 0.0228. The Kier molecular flexibility index (Phi) is 45.4. The SMILES string of the molecule is CC/C=C\C/C=C\C/C=C\C/C=C\CCCCCCC(=O)OCC(COC1OC(C(=O)O)C(O)C(O)C1OC(=O)CCCCCCC/C=C\C/C=C\C/C=C\CC)OC(=O)CCCCC/C=C\C/C=C\C/C=C\CC. The van der Waals surface area contributed by atoms with E-state index in [2.05, 4.69) is 142 Å². The number of carbonyl (C=O) groups excluding carboxylic acids is 3. The number of rotatable bonds is 46. The molecule has 0 amide bonds. The summed E-state index contributed by atoms with van der Waals surface area (Å²) in [6.07, 6.45) is 56.0. The maximum atomic E-state index is 13.1. The second-order valence-electron chi connectivity index (χ2n) is 18.8. The highest BCUT2D eigenvalue weighted by Gasteiger charge is 2.50. The van der Waals surface area contributed by atoms with Crippen LogP contribution in [0.15, 0.2) is 122 Å². The number of unbranched alkanes of at least 4 members (excludes halogenated alkanes) is 12. The molecule has 6 atom stereocenters. The molecule has 0 aromatic carbocycles. The highest BCUT2D eigenvalue weighted by molar-refractivity contribution is 5.74. The van der Waals surface area contributed by atoms with E-state index in [9.17, 15) is 34.5 Å². The number of carbonyl (C=O) groups is 4. The molecular weight excluding hydrogens is 949 g/mol. The molecule has 12 nitrogen and oxygen atoms in total. The van der Waals surface area contributed by atoms with Gasteiger partial charge in [0.2, 0.25) is 0 Å². The molecule has 0 bridgehead atoms. The normalized spacial score (nSPS) is 19.1. The average molecular weight is 1050 g/mol. The zero-order valence-corrected chi connectivity index (χ0v) is 46.2. The van der Waals surface area contributed by atoms with Crippen LogP contribution in [-0.2, 0) is 42.9 Å². The molecule has 0 radical (unpaired) electrons. The Bertz CT molecular complexity index is 1770. The van der Waals surface area contributed by atoms with Gasteiger partial charge in [-0.3, -0.25) is 14.4 Å². The molecule has 1 rings (SSSR count). The van der Waals surface area contributed by atoms with Gasteiger partial charge < -0.3 is 39.0 Å². The summed E-state index contributed by atoms with van der Waals surface area (Å²) in [6, 6.07) is 0. The topological polar surface area (TPSA) is 175 Å². The second-order valence-corrected chi connectivity index (χ2v) is 18.8. The van der Waals surface area contributed by atoms with Gasteiger partial charge >= 0.3 is 23.9 Å². The van der Waals surface area contributed by atoms with Gasteiger partial charge in [0.1, 0.15) is 18.8 Å². The minimum atomic E-state index is -1.92. The minimum absolute atomic E-state index is 0.0282. The van der Waals surface area contributed by atoms with Crippen molar-refractivity contribution in [1.29, 1.82) is 0 Å². The molecule has 0 aromatic heterocycles. The maximum Gasteiger partial charge on any atom is 0.335 e. The van der Waals surface area contributed by atoms with Crippen LogP contribution in [0.1, 0.15) is 201 Å². The molecule has 1 saturated heterocycles. The van der Waals surface area contributed by atoms with E-state index in [4.69, 9.17) is 23.7 Å². The average Bonchev–Trinajstić information content (AvgIpc) is 3.39. The summed E-state index contributed by atoms with van der Waals surface area (Å²) in [7, 11) is 0. The first-order valence-electron chi connectivity index (χ1n) is 28.5. The zero-order chi connectivity index (χ0) is 54.7. The number of esters is 3. The van der Waals surface area contributed by atoms with E-state index in [-0.39, 0.29) is 25.9 Å². The Labute approximate surface area is 452 Å². The van der Waals surface area contributed by atoms with Gasteiger partial charge in [-0.1, -0.05) is 181 Å². The van der Waals surface area contributed by atoms with Gasteiger partial charge in [-0.15, -0.1) is 0 Å². The van der Waals surface area contributed by atoms with E-state index in [1.54, 1.807) is 0 Å². The van der Waals surface area contributed by atoms with Crippen LogP contribution < -0.4 is 0 Å². The molecule has 12 heteroatoms. The van der Waals surface area contributed by atoms with E-state index in [1.807, 2.05) is 0 Å². The van der Waals surface area contributed by atoms with E-state index in [0.717, 1.165) is 141 Å². The number of ether oxygens (including phenoxy) is 5. The fraction of sp³-hybridized carbons (Fsp3) is 0.619. The van der Waals surface area contributed by atoms with Crippen LogP contribution in [0, 0.1) is 0 Å². The number of carboxylic acid groups (broad SMARTS) is 1. The van der Waals surface area contributed by atoms with Crippen LogP contribution in [-0.4, -0.2) is 89.2 Å². The first-order valence-corrected chi connectivity index (χ1v) is 28.5. The van der Waals surface area contributed by atoms with Crippen molar-refractivity contribution in [3.8, 4) is 0 Å². The summed E-state index contributed by atoms with van der Waals surface area (Å²) in [4.78, 5) is 51.1. The standard InChI is InChI=1S/C63H98O12/c1-4-7-10-13-16-19-22-25-27-28-30-32-34-37-40-43-46-49-55(64)71-52-54(73-56(65)50-47-44-41-38-35-31-24-21-18-15-12-9-6-3)53-72-63-61(59(68)58(67)60(75-63)62(69)70)74-57(66)51-48-45-42-39-36-33-29-26-23-20-17-14-11-8-5-2/h7-12,16-21,25-27,29-32,35,54,58-61,63,67-68H,4-6,13-15,22-24,28,33-34,36-53H2,1-3H3,(H,69,70)/b10-7-,11-8-,12-9-,19-16-,20-17-,21-18-,27-25-,29-26-,32-30-,35-31-. The monoisotopic (exact) mass is 1050 g/mol. The molecule has 0 aromatic rings. The molecule has 75 heavy (non-hydrogen) atoms. The van der Waals surface area contributed by atoms with Crippen molar-refractivity contribution < 1.29 is 58.2 Å². The minimum Gasteiger partial charge on any atom is -0.479 e. The van der Waals surface area contributed by atoms with Gasteiger partial charge in [-0.2, -0.15) is 0 Å². The first kappa shape index (κ1) is 68.1. The van der Waals surface area contributed by atoms with Crippen molar-refractivity contribution in [3.63, 3.8) is 0 Å². The van der Waals surface area contributed by atoms with Crippen LogP contribution >= 0.6 is 0 Å². The number of hydrogen-bond acceptors (Lipinski definition) is 11. The Hall–Kier alpha value is -4.88. The van der Waals surface area contributed by atoms with Gasteiger partial charge in [0.05, 0.1) is 6.61 Å². The molecule has 0 aliphatic carbocycles. The summed E-state index contributed by atoms with van der Waals surface area (Å²) in [5.41, 5.74) is 0.